The van der Waals surface area contributed by atoms with E-state index >= 15 is 0 Å². The molecule has 0 aliphatic carbocycles. The highest BCUT2D eigenvalue weighted by molar-refractivity contribution is 7.92. The van der Waals surface area contributed by atoms with Crippen LogP contribution in [-0.2, 0) is 32.4 Å². The van der Waals surface area contributed by atoms with E-state index in [9.17, 15) is 23.3 Å². The van der Waals surface area contributed by atoms with Gasteiger partial charge >= 0.3 is 5.97 Å². The molecule has 1 atom stereocenters. The third kappa shape index (κ3) is 7.83. The molecule has 8 rings (SSSR count). The standard InChI is InChI=1S/C46H42N8O5S2/c1-6-30-17-20-37(43-41(30)35(24-47)25-49-43)53-61(57,58)36-18-7-29(8-19-36)21-22-48-45(56)34-15-11-32(12-16-34)31-9-13-33(14-10-31)42-40-26(2)27(3)60-46(40)54-28(4)51-52-44(54)38(50-42)23-39(55)59-5/h7-20,25,38,49,53H,6,21-23H2,1-5H3,(H,48,56)/t38-/m0/s1. The van der Waals surface area contributed by atoms with Crippen LogP contribution in [0, 0.1) is 32.1 Å². The van der Waals surface area contributed by atoms with Gasteiger partial charge in [0.2, 0.25) is 0 Å². The summed E-state index contributed by atoms with van der Waals surface area (Å²) < 4.78 is 36.3. The van der Waals surface area contributed by atoms with Gasteiger partial charge in [0, 0.05) is 39.7 Å². The Hall–Kier alpha value is -6.89. The molecule has 4 aromatic carbocycles. The van der Waals surface area contributed by atoms with Crippen LogP contribution in [0.4, 0.5) is 5.69 Å². The number of hydrogen-bond acceptors (Lipinski definition) is 10. The largest absolute Gasteiger partial charge is 0.469 e. The van der Waals surface area contributed by atoms with Gasteiger partial charge in [0.1, 0.15) is 22.9 Å². The fourth-order valence-corrected chi connectivity index (χ4v) is 9.94. The number of nitrogens with zero attached hydrogens (tertiary/aromatic N) is 5. The molecule has 1 amide bonds. The molecule has 0 unspecified atom stereocenters. The highest BCUT2D eigenvalue weighted by atomic mass is 32.2. The molecule has 0 saturated carbocycles. The van der Waals surface area contributed by atoms with Crippen LogP contribution >= 0.6 is 11.3 Å². The summed E-state index contributed by atoms with van der Waals surface area (Å²) in [6.45, 7) is 8.41. The van der Waals surface area contributed by atoms with E-state index in [1.165, 1.54) is 7.11 Å². The highest BCUT2D eigenvalue weighted by Crippen LogP contribution is 2.40. The van der Waals surface area contributed by atoms with Crippen molar-refractivity contribution >= 4 is 55.5 Å². The van der Waals surface area contributed by atoms with Crippen molar-refractivity contribution in [2.45, 2.75) is 57.9 Å². The molecule has 0 bridgehead atoms. The number of benzene rings is 4. The molecule has 0 radical (unpaired) electrons. The second kappa shape index (κ2) is 16.6. The van der Waals surface area contributed by atoms with Crippen molar-refractivity contribution in [3.05, 3.63) is 147 Å². The van der Waals surface area contributed by atoms with Crippen molar-refractivity contribution in [1.29, 1.82) is 5.26 Å². The summed E-state index contributed by atoms with van der Waals surface area (Å²) >= 11 is 1.65. The Labute approximate surface area is 357 Å². The first-order valence-corrected chi connectivity index (χ1v) is 22.0. The third-order valence-corrected chi connectivity index (χ3v) is 13.6. The van der Waals surface area contributed by atoms with E-state index in [-0.39, 0.29) is 23.2 Å². The minimum atomic E-state index is -3.91. The number of carbonyl (C=O) groups is 2. The summed E-state index contributed by atoms with van der Waals surface area (Å²) in [5.41, 5.74) is 9.39. The summed E-state index contributed by atoms with van der Waals surface area (Å²) in [5.74, 6) is 0.718. The predicted octanol–water partition coefficient (Wildman–Crippen LogP) is 8.06. The molecular weight excluding hydrogens is 809 g/mol. The number of esters is 1. The van der Waals surface area contributed by atoms with Gasteiger partial charge in [0.25, 0.3) is 15.9 Å². The Morgan fingerprint density at radius 1 is 0.934 bits per heavy atom. The second-order valence-electron chi connectivity index (χ2n) is 14.8. The monoisotopic (exact) mass is 850 g/mol. The van der Waals surface area contributed by atoms with Gasteiger partial charge in [-0.05, 0) is 91.8 Å². The number of thiophene rings is 1. The number of methoxy groups -OCH3 is 1. The smallest absolute Gasteiger partial charge is 0.308 e. The lowest BCUT2D eigenvalue weighted by Crippen LogP contribution is -2.25. The van der Waals surface area contributed by atoms with Gasteiger partial charge in [-0.15, -0.1) is 21.5 Å². The van der Waals surface area contributed by atoms with E-state index in [0.29, 0.717) is 52.9 Å². The Morgan fingerprint density at radius 3 is 2.30 bits per heavy atom. The molecule has 0 fully saturated rings. The van der Waals surface area contributed by atoms with E-state index in [1.54, 1.807) is 60.0 Å². The zero-order valence-corrected chi connectivity index (χ0v) is 35.8. The molecule has 13 nitrogen and oxygen atoms in total. The van der Waals surface area contributed by atoms with E-state index in [4.69, 9.17) is 9.73 Å². The molecule has 1 aliphatic rings. The lowest BCUT2D eigenvalue weighted by Gasteiger charge is -2.12. The molecule has 7 aromatic rings. The first kappa shape index (κ1) is 40.9. The van der Waals surface area contributed by atoms with Crippen LogP contribution in [0.25, 0.3) is 27.0 Å². The molecule has 1 aliphatic heterocycles. The van der Waals surface area contributed by atoms with Crippen molar-refractivity contribution in [2.75, 3.05) is 18.4 Å². The van der Waals surface area contributed by atoms with Crippen molar-refractivity contribution in [3.8, 4) is 22.2 Å². The average molecular weight is 851 g/mol. The molecule has 0 saturated heterocycles. The summed E-state index contributed by atoms with van der Waals surface area (Å²) in [5, 5.41) is 23.0. The number of fused-ring (bicyclic) bond motifs is 4. The molecule has 3 N–H and O–H groups in total. The molecule has 15 heteroatoms. The first-order chi connectivity index (χ1) is 29.4. The van der Waals surface area contributed by atoms with Gasteiger partial charge in [0.05, 0.1) is 40.9 Å². The summed E-state index contributed by atoms with van der Waals surface area (Å²) in [6.07, 6.45) is 2.82. The highest BCUT2D eigenvalue weighted by Gasteiger charge is 2.32. The van der Waals surface area contributed by atoms with E-state index < -0.39 is 16.1 Å². The van der Waals surface area contributed by atoms with Crippen molar-refractivity contribution in [2.24, 2.45) is 4.99 Å². The Morgan fingerprint density at radius 2 is 1.62 bits per heavy atom. The number of aromatic nitrogens is 4. The van der Waals surface area contributed by atoms with E-state index in [2.05, 4.69) is 45.1 Å². The predicted molar refractivity (Wildman–Crippen MR) is 236 cm³/mol. The number of carbonyl (C=O) groups excluding carboxylic acids is 2. The quantitative estimate of drug-likeness (QED) is 0.103. The Kier molecular flexibility index (Phi) is 11.1. The molecule has 61 heavy (non-hydrogen) atoms. The number of hydrogen-bond donors (Lipinski definition) is 3. The lowest BCUT2D eigenvalue weighted by atomic mass is 9.96. The van der Waals surface area contributed by atoms with Crippen LogP contribution in [-0.4, -0.2) is 59.4 Å². The summed E-state index contributed by atoms with van der Waals surface area (Å²) in [6, 6.07) is 27.2. The number of amides is 1. The molecular formula is C46H42N8O5S2. The molecule has 3 aromatic heterocycles. The average Bonchev–Trinajstić information content (AvgIpc) is 3.94. The maximum atomic E-state index is 13.3. The molecule has 308 valence electrons. The van der Waals surface area contributed by atoms with Crippen molar-refractivity contribution in [3.63, 3.8) is 0 Å². The van der Waals surface area contributed by atoms with Gasteiger partial charge < -0.3 is 15.0 Å². The number of nitriles is 1. The summed E-state index contributed by atoms with van der Waals surface area (Å²) in [7, 11) is -2.55. The van der Waals surface area contributed by atoms with Crippen molar-refractivity contribution < 1.29 is 22.7 Å². The van der Waals surface area contributed by atoms with Gasteiger partial charge in [-0.25, -0.2) is 8.42 Å². The van der Waals surface area contributed by atoms with Crippen LogP contribution in [0.15, 0.2) is 101 Å². The van der Waals surface area contributed by atoms with Gasteiger partial charge in [-0.1, -0.05) is 61.5 Å². The number of aryl methyl sites for hydroxylation is 3. The number of nitrogens with one attached hydrogen (secondary N) is 3. The van der Waals surface area contributed by atoms with Gasteiger partial charge in [0.15, 0.2) is 5.82 Å². The van der Waals surface area contributed by atoms with Crippen LogP contribution in [0.5, 0.6) is 0 Å². The topological polar surface area (TPSA) is 184 Å². The first-order valence-electron chi connectivity index (χ1n) is 19.7. The number of rotatable bonds is 12. The second-order valence-corrected chi connectivity index (χ2v) is 17.7. The molecule has 4 heterocycles. The Bertz CT molecular complexity index is 3010. The normalized spacial score (nSPS) is 13.4. The summed E-state index contributed by atoms with van der Waals surface area (Å²) in [4.78, 5) is 35.0. The van der Waals surface area contributed by atoms with Gasteiger partial charge in [-0.3, -0.25) is 23.9 Å². The van der Waals surface area contributed by atoms with Crippen LogP contribution < -0.4 is 10.0 Å². The van der Waals surface area contributed by atoms with E-state index in [1.807, 2.05) is 60.9 Å². The zero-order valence-electron chi connectivity index (χ0n) is 34.2. The van der Waals surface area contributed by atoms with Crippen LogP contribution in [0.2, 0.25) is 0 Å². The van der Waals surface area contributed by atoms with Crippen LogP contribution in [0.3, 0.4) is 0 Å². The zero-order chi connectivity index (χ0) is 43.0. The number of H-pyrrole nitrogens is 1. The lowest BCUT2D eigenvalue weighted by molar-refractivity contribution is -0.141. The van der Waals surface area contributed by atoms with Crippen molar-refractivity contribution in [1.82, 2.24) is 25.1 Å². The third-order valence-electron chi connectivity index (χ3n) is 11.1. The number of aromatic amines is 1. The van der Waals surface area contributed by atoms with Crippen LogP contribution in [0.1, 0.15) is 79.7 Å². The SMILES string of the molecule is CCc1ccc(NS(=O)(=O)c2ccc(CCNC(=O)c3ccc(-c4ccc(C5=N[C@@H](CC(=O)OC)c6nnc(C)n6-c6sc(C)c(C)c65)cc4)cc3)cc2)c2[nH]cc(C#N)c12. The maximum Gasteiger partial charge on any atom is 0.308 e. The number of sulfonamides is 1. The number of anilines is 1. The van der Waals surface area contributed by atoms with E-state index in [0.717, 1.165) is 60.4 Å². The fraction of sp³-hybridized carbons (Fsp3) is 0.217. The molecule has 0 spiro atoms. The minimum absolute atomic E-state index is 0.0291. The maximum absolute atomic E-state index is 13.3. The minimum Gasteiger partial charge on any atom is -0.469 e. The number of aliphatic imine (C=N–C) groups is 1. The number of ether oxygens (including phenoxy) is 1. The van der Waals surface area contributed by atoms with Gasteiger partial charge in [-0.2, -0.15) is 5.26 Å². The Balaban J connectivity index is 0.912. The fourth-order valence-electron chi connectivity index (χ4n) is 7.65.